The maximum atomic E-state index is 13.4. The van der Waals surface area contributed by atoms with Crippen LogP contribution in [0, 0.1) is 61.8 Å². The van der Waals surface area contributed by atoms with Crippen molar-refractivity contribution in [3.05, 3.63) is 401 Å². The Kier molecular flexibility index (Phi) is 36.9. The molecule has 0 amide bonds. The van der Waals surface area contributed by atoms with Crippen LogP contribution in [-0.2, 0) is 113 Å². The Morgan fingerprint density at radius 3 is 1.26 bits per heavy atom. The molecule has 5 aromatic heterocycles. The van der Waals surface area contributed by atoms with Crippen LogP contribution < -0.4 is 0 Å². The van der Waals surface area contributed by atoms with E-state index >= 15 is 0 Å². The zero-order valence-corrected chi connectivity index (χ0v) is 80.0. The Balaban J connectivity index is 0.000000185. The molecule has 5 nitrogen and oxygen atoms in total. The van der Waals surface area contributed by atoms with Gasteiger partial charge in [0.15, 0.2) is 0 Å². The topological polar surface area (TPSA) is 64.5 Å². The number of aryl methyl sites for hydroxylation is 3. The van der Waals surface area contributed by atoms with Crippen molar-refractivity contribution in [3.8, 4) is 101 Å². The fourth-order valence-corrected chi connectivity index (χ4v) is 15.3. The molecule has 5 heterocycles. The quantitative estimate of drug-likeness (QED) is 0.0850. The van der Waals surface area contributed by atoms with Gasteiger partial charge in [0.1, 0.15) is 0 Å². The minimum Gasteiger partial charge on any atom is -0.305 e. The SMILES string of the molecule is CC(C)CC1c2c[c-]c(-c3ccccn3)cc2-c2ccccc21.CC(C)Cc1cccc(-c2cc[c-]c(-c3ccccn3)c2)c1.CC(C)c1cccc(C(C)C)c1C1c2c[c-]c(-c3ccccn3)cc2-c2ccccc21.Cc1[c-]c(-c2ccccn2)cc(C)c1F.FCCCc1ccc(-c2cc[c-]c(-c3ccccn3)c2)cc1.[Ir].[Ir].[Ir].[Ir].[Ir]. The zero-order valence-electron chi connectivity index (χ0n) is 68.0. The second kappa shape index (κ2) is 46.0. The summed E-state index contributed by atoms with van der Waals surface area (Å²) < 4.78 is 25.6. The average Bonchev–Trinajstić information content (AvgIpc) is 1.58. The van der Waals surface area contributed by atoms with Crippen molar-refractivity contribution >= 4 is 0 Å². The molecule has 12 heteroatoms. The van der Waals surface area contributed by atoms with Gasteiger partial charge >= 0.3 is 0 Å². The summed E-state index contributed by atoms with van der Waals surface area (Å²) in [4.78, 5) is 22.0. The number of halogens is 2. The molecule has 2 aliphatic carbocycles. The maximum absolute atomic E-state index is 13.4. The molecular formula is C106H96F2Ir5N5-5. The van der Waals surface area contributed by atoms with E-state index in [0.717, 1.165) is 80.3 Å². The van der Waals surface area contributed by atoms with E-state index in [9.17, 15) is 8.78 Å². The molecule has 0 saturated heterocycles. The Bertz CT molecular complexity index is 5590. The molecule has 609 valence electrons. The van der Waals surface area contributed by atoms with Crippen LogP contribution in [0.1, 0.15) is 153 Å². The van der Waals surface area contributed by atoms with Crippen molar-refractivity contribution < 1.29 is 109 Å². The van der Waals surface area contributed by atoms with Gasteiger partial charge in [0, 0.05) is 143 Å². The van der Waals surface area contributed by atoms with E-state index in [1.807, 2.05) is 122 Å². The number of hydrogen-bond donors (Lipinski definition) is 0. The van der Waals surface area contributed by atoms with Gasteiger partial charge in [-0.2, -0.15) is 0 Å². The van der Waals surface area contributed by atoms with E-state index in [1.54, 1.807) is 32.3 Å². The molecule has 2 unspecified atom stereocenters. The van der Waals surface area contributed by atoms with E-state index in [4.69, 9.17) is 0 Å². The smallest absolute Gasteiger partial charge is 0.0897 e. The molecule has 0 bridgehead atoms. The summed E-state index contributed by atoms with van der Waals surface area (Å²) in [6.45, 7) is 21.5. The van der Waals surface area contributed by atoms with Gasteiger partial charge in [-0.15, -0.1) is 147 Å². The summed E-state index contributed by atoms with van der Waals surface area (Å²) in [6, 6.07) is 111. The van der Waals surface area contributed by atoms with E-state index in [2.05, 4.69) is 274 Å². The van der Waals surface area contributed by atoms with Crippen molar-refractivity contribution in [1.29, 1.82) is 0 Å². The first-order valence-corrected chi connectivity index (χ1v) is 39.5. The van der Waals surface area contributed by atoms with Gasteiger partial charge < -0.3 is 24.9 Å². The molecule has 2 aliphatic rings. The normalized spacial score (nSPS) is 12.2. The standard InChI is InChI=1S/C30H28N.C22H20N.C21H20N.C20H17FN.C13H11FN.5Ir/c1-19(2)22-12-9-13-23(20(3)4)29(22)30-25-11-6-5-10-24(25)27-18-21(15-16-26(27)30)28-14-7-8-17-31-28;1-15(2)13-20-17-7-3-4-8-18(17)21-14-16(10-11-19(20)21)22-9-5-6-12-23-22;1-16(2)13-17-7-5-8-18(14-17)19-9-6-10-20(15-19)21-11-3-4-12-22-21;21-13-4-5-16-9-11-17(12-10-16)18-6-3-7-19(15-18)20-8-1-2-14-22-20;1-9-7-11(8-10(2)13(9)14)12-5-3-4-6-15-12;;;;;/h5-14,16-20,30H,1-4H3;3-9,11-12,14-15,20H,13H2,1-2H3;3-9,11-12,14-16H,13H2,1-2H3;1-3,6,8-12,14-15H,4-5,13H2;3-7H,1-2H3;;;;;/q5*-1;;;;;. The summed E-state index contributed by atoms with van der Waals surface area (Å²) in [5.41, 5.74) is 33.5. The largest absolute Gasteiger partial charge is 0.305 e. The number of aromatic nitrogens is 5. The van der Waals surface area contributed by atoms with Gasteiger partial charge in [-0.1, -0.05) is 267 Å². The fraction of sp³-hybridized carbons (Fsp3) is 0.198. The summed E-state index contributed by atoms with van der Waals surface area (Å²) >= 11 is 0. The van der Waals surface area contributed by atoms with Gasteiger partial charge in [0.2, 0.25) is 0 Å². The second-order valence-electron chi connectivity index (χ2n) is 30.5. The van der Waals surface area contributed by atoms with E-state index < -0.39 is 0 Å². The zero-order chi connectivity index (χ0) is 78.7. The van der Waals surface area contributed by atoms with Crippen molar-refractivity contribution in [3.63, 3.8) is 0 Å². The third-order valence-electron chi connectivity index (χ3n) is 20.7. The van der Waals surface area contributed by atoms with E-state index in [1.165, 1.54) is 89.9 Å². The second-order valence-corrected chi connectivity index (χ2v) is 30.5. The van der Waals surface area contributed by atoms with E-state index in [-0.39, 0.29) is 119 Å². The van der Waals surface area contributed by atoms with Gasteiger partial charge in [0.05, 0.1) is 6.67 Å². The molecular weight excluding hydrogens is 2340 g/mol. The maximum Gasteiger partial charge on any atom is 0.0897 e. The number of rotatable bonds is 17. The molecule has 118 heavy (non-hydrogen) atoms. The first-order valence-electron chi connectivity index (χ1n) is 39.5. The minimum atomic E-state index is -0.260. The first kappa shape index (κ1) is 94.5. The first-order chi connectivity index (χ1) is 55.1. The summed E-state index contributed by atoms with van der Waals surface area (Å²) in [5.74, 6) is 2.85. The number of hydrogen-bond acceptors (Lipinski definition) is 5. The number of alkyl halides is 1. The number of benzene rings is 10. The number of nitrogens with zero attached hydrogens (tertiary/aromatic N) is 5. The molecule has 0 fully saturated rings. The molecule has 0 saturated carbocycles. The fourth-order valence-electron chi connectivity index (χ4n) is 15.3. The van der Waals surface area contributed by atoms with Crippen LogP contribution in [0.5, 0.6) is 0 Å². The molecule has 2 atom stereocenters. The van der Waals surface area contributed by atoms with Crippen LogP contribution in [0.25, 0.3) is 101 Å². The molecule has 0 spiro atoms. The molecule has 0 N–H and O–H groups in total. The predicted octanol–water partition coefficient (Wildman–Crippen LogP) is 27.5. The van der Waals surface area contributed by atoms with Crippen LogP contribution in [0.3, 0.4) is 0 Å². The Hall–Kier alpha value is -8.94. The monoisotopic (exact) mass is 2440 g/mol. The van der Waals surface area contributed by atoms with Gasteiger partial charge in [-0.25, -0.2) is 0 Å². The average molecular weight is 2440 g/mol. The molecule has 5 radical (unpaired) electrons. The van der Waals surface area contributed by atoms with Crippen LogP contribution >= 0.6 is 0 Å². The van der Waals surface area contributed by atoms with Crippen LogP contribution in [0.2, 0.25) is 0 Å². The van der Waals surface area contributed by atoms with Crippen molar-refractivity contribution in [2.24, 2.45) is 11.8 Å². The van der Waals surface area contributed by atoms with Crippen LogP contribution in [0.15, 0.2) is 304 Å². The number of pyridine rings is 5. The van der Waals surface area contributed by atoms with Gasteiger partial charge in [-0.05, 0) is 175 Å². The Morgan fingerprint density at radius 2 is 0.797 bits per heavy atom. The van der Waals surface area contributed by atoms with Gasteiger partial charge in [0.25, 0.3) is 0 Å². The Morgan fingerprint density at radius 1 is 0.364 bits per heavy atom. The van der Waals surface area contributed by atoms with Crippen LogP contribution in [-0.4, -0.2) is 31.6 Å². The Labute approximate surface area is 766 Å². The molecule has 15 aromatic rings. The summed E-state index contributed by atoms with van der Waals surface area (Å²) in [7, 11) is 0. The summed E-state index contributed by atoms with van der Waals surface area (Å²) in [6.07, 6.45) is 12.7. The predicted molar refractivity (Wildman–Crippen MR) is 463 cm³/mol. The summed E-state index contributed by atoms with van der Waals surface area (Å²) in [5, 5.41) is 0. The van der Waals surface area contributed by atoms with Crippen molar-refractivity contribution in [1.82, 2.24) is 24.9 Å². The van der Waals surface area contributed by atoms with Gasteiger partial charge in [-0.3, -0.25) is 8.78 Å². The minimum absolute atomic E-state index is 0. The van der Waals surface area contributed by atoms with Crippen molar-refractivity contribution in [2.75, 3.05) is 6.67 Å². The number of fused-ring (bicyclic) bond motifs is 6. The molecule has 10 aromatic carbocycles. The molecule has 0 aliphatic heterocycles. The third-order valence-corrected chi connectivity index (χ3v) is 20.7. The van der Waals surface area contributed by atoms with Crippen LogP contribution in [0.4, 0.5) is 8.78 Å². The van der Waals surface area contributed by atoms with Crippen molar-refractivity contribution in [2.45, 2.75) is 119 Å². The third kappa shape index (κ3) is 23.8. The molecule has 17 rings (SSSR count). The van der Waals surface area contributed by atoms with E-state index in [0.29, 0.717) is 47.1 Å².